The lowest BCUT2D eigenvalue weighted by Crippen LogP contribution is -2.60. The minimum Gasteiger partial charge on any atom is -0.458 e. The minimum absolute atomic E-state index is 0.0513. The van der Waals surface area contributed by atoms with Gasteiger partial charge in [0.2, 0.25) is 11.8 Å². The van der Waals surface area contributed by atoms with E-state index in [4.69, 9.17) is 4.74 Å². The molecule has 5 fully saturated rings. The summed E-state index contributed by atoms with van der Waals surface area (Å²) >= 11 is 0. The number of ketones is 1. The van der Waals surface area contributed by atoms with Crippen LogP contribution in [0.3, 0.4) is 0 Å². The molecule has 0 N–H and O–H groups in total. The second-order valence-electron chi connectivity index (χ2n) is 10.0. The van der Waals surface area contributed by atoms with Crippen molar-refractivity contribution < 1.29 is 23.9 Å². The number of fused-ring (bicyclic) bond motifs is 2. The second-order valence-corrected chi connectivity index (χ2v) is 10.0. The van der Waals surface area contributed by atoms with E-state index in [-0.39, 0.29) is 24.0 Å². The summed E-state index contributed by atoms with van der Waals surface area (Å²) in [5, 5.41) is 0. The lowest BCUT2D eigenvalue weighted by Gasteiger charge is -2.49. The van der Waals surface area contributed by atoms with E-state index in [0.29, 0.717) is 19.4 Å². The molecular formula is C25H32N4O5. The highest BCUT2D eigenvalue weighted by Crippen LogP contribution is 2.55. The summed E-state index contributed by atoms with van der Waals surface area (Å²) in [4.78, 5) is 61.3. The van der Waals surface area contributed by atoms with Gasteiger partial charge in [-0.15, -0.1) is 0 Å². The Kier molecular flexibility index (Phi) is 6.14. The predicted molar refractivity (Wildman–Crippen MR) is 123 cm³/mol. The van der Waals surface area contributed by atoms with Crippen LogP contribution in [-0.4, -0.2) is 83.2 Å². The molecule has 3 heterocycles. The highest BCUT2D eigenvalue weighted by atomic mass is 16.6. The number of hydrogen-bond acceptors (Lipinski definition) is 8. The summed E-state index contributed by atoms with van der Waals surface area (Å²) in [5.74, 6) is -1.87. The monoisotopic (exact) mass is 468 g/mol. The van der Waals surface area contributed by atoms with Crippen LogP contribution < -0.4 is 4.90 Å². The van der Waals surface area contributed by atoms with Gasteiger partial charge >= 0.3 is 5.97 Å². The number of piperazine rings is 1. The molecule has 1 aromatic heterocycles. The molecule has 34 heavy (non-hydrogen) atoms. The van der Waals surface area contributed by atoms with Crippen molar-refractivity contribution in [2.45, 2.75) is 44.6 Å². The Morgan fingerprint density at radius 2 is 1.85 bits per heavy atom. The van der Waals surface area contributed by atoms with Crippen LogP contribution in [0.1, 0.15) is 39.0 Å². The van der Waals surface area contributed by atoms with Crippen molar-refractivity contribution in [2.24, 2.45) is 17.8 Å². The number of Topliss-reactive ketones (excluding diaryl/α,β-unsaturated/α-hetero) is 1. The summed E-state index contributed by atoms with van der Waals surface area (Å²) in [7, 11) is 0. The number of unbranched alkanes of at least 4 members (excludes halogenated alkanes) is 1. The van der Waals surface area contributed by atoms with Gasteiger partial charge in [-0.1, -0.05) is 6.07 Å². The molecule has 2 saturated heterocycles. The van der Waals surface area contributed by atoms with Gasteiger partial charge in [0.25, 0.3) is 0 Å². The number of amides is 2. The molecule has 1 aromatic rings. The third-order valence-electron chi connectivity index (χ3n) is 8.01. The lowest BCUT2D eigenvalue weighted by atomic mass is 9.56. The normalized spacial score (nSPS) is 31.2. The Balaban J connectivity index is 1.14. The molecule has 0 aromatic carbocycles. The summed E-state index contributed by atoms with van der Waals surface area (Å²) in [6.07, 6.45) is 4.44. The van der Waals surface area contributed by atoms with Crippen LogP contribution in [0.4, 0.5) is 5.82 Å². The van der Waals surface area contributed by atoms with E-state index >= 15 is 0 Å². The number of pyridine rings is 1. The zero-order chi connectivity index (χ0) is 23.9. The molecule has 9 nitrogen and oxygen atoms in total. The first kappa shape index (κ1) is 23.0. The molecule has 5 aliphatic rings. The lowest BCUT2D eigenvalue weighted by molar-refractivity contribution is -0.189. The van der Waals surface area contributed by atoms with E-state index in [2.05, 4.69) is 14.8 Å². The molecule has 4 unspecified atom stereocenters. The van der Waals surface area contributed by atoms with Crippen molar-refractivity contribution in [3.63, 3.8) is 0 Å². The largest absolute Gasteiger partial charge is 0.458 e. The highest BCUT2D eigenvalue weighted by Gasteiger charge is 2.68. The topological polar surface area (TPSA) is 100 Å². The SMILES string of the molecule is CC(=O)OC12CCC(C(=O)C1)C1C(=O)N(CCCCN3CCN(c4ccccn4)CC3)C(=O)C12. The Morgan fingerprint density at radius 3 is 2.53 bits per heavy atom. The average molecular weight is 469 g/mol. The van der Waals surface area contributed by atoms with Crippen molar-refractivity contribution in [3.05, 3.63) is 24.4 Å². The Bertz CT molecular complexity index is 973. The molecule has 3 saturated carbocycles. The number of hydrogen-bond donors (Lipinski definition) is 0. The predicted octanol–water partition coefficient (Wildman–Crippen LogP) is 1.27. The van der Waals surface area contributed by atoms with Crippen LogP contribution in [0.25, 0.3) is 0 Å². The first-order valence-corrected chi connectivity index (χ1v) is 12.4. The van der Waals surface area contributed by atoms with Crippen LogP contribution in [0.5, 0.6) is 0 Å². The van der Waals surface area contributed by atoms with E-state index in [9.17, 15) is 19.2 Å². The fourth-order valence-electron chi connectivity index (χ4n) is 6.43. The fraction of sp³-hybridized carbons (Fsp3) is 0.640. The number of nitrogens with zero attached hydrogens (tertiary/aromatic N) is 4. The molecule has 2 amide bonds. The number of likely N-dealkylation sites (tertiary alicyclic amines) is 1. The fourth-order valence-corrected chi connectivity index (χ4v) is 6.43. The van der Waals surface area contributed by atoms with Gasteiger partial charge < -0.3 is 9.64 Å². The van der Waals surface area contributed by atoms with Gasteiger partial charge in [-0.3, -0.25) is 29.0 Å². The Labute approximate surface area is 199 Å². The Hall–Kier alpha value is -2.81. The highest BCUT2D eigenvalue weighted by molar-refractivity contribution is 6.09. The van der Waals surface area contributed by atoms with E-state index in [1.165, 1.54) is 11.8 Å². The summed E-state index contributed by atoms with van der Waals surface area (Å²) in [6.45, 7) is 6.33. The van der Waals surface area contributed by atoms with E-state index in [0.717, 1.165) is 51.4 Å². The summed E-state index contributed by atoms with van der Waals surface area (Å²) < 4.78 is 5.59. The smallest absolute Gasteiger partial charge is 0.303 e. The molecule has 3 aliphatic carbocycles. The van der Waals surface area contributed by atoms with Gasteiger partial charge in [0.05, 0.1) is 11.8 Å². The zero-order valence-electron chi connectivity index (χ0n) is 19.6. The van der Waals surface area contributed by atoms with Gasteiger partial charge in [-0.2, -0.15) is 0 Å². The number of rotatable bonds is 7. The van der Waals surface area contributed by atoms with Crippen molar-refractivity contribution in [3.8, 4) is 0 Å². The van der Waals surface area contributed by atoms with Crippen LogP contribution >= 0.6 is 0 Å². The first-order chi connectivity index (χ1) is 16.4. The molecule has 2 bridgehead atoms. The molecule has 2 aliphatic heterocycles. The van der Waals surface area contributed by atoms with Crippen molar-refractivity contribution in [1.82, 2.24) is 14.8 Å². The van der Waals surface area contributed by atoms with Crippen molar-refractivity contribution >= 4 is 29.4 Å². The number of anilines is 1. The number of aromatic nitrogens is 1. The maximum atomic E-state index is 13.3. The van der Waals surface area contributed by atoms with E-state index in [1.54, 1.807) is 0 Å². The second kappa shape index (κ2) is 9.09. The van der Waals surface area contributed by atoms with Crippen molar-refractivity contribution in [1.29, 1.82) is 0 Å². The van der Waals surface area contributed by atoms with E-state index < -0.39 is 29.3 Å². The molecule has 182 valence electrons. The van der Waals surface area contributed by atoms with Gasteiger partial charge in [0, 0.05) is 58.2 Å². The molecule has 0 radical (unpaired) electrons. The molecule has 0 spiro atoms. The van der Waals surface area contributed by atoms with Crippen molar-refractivity contribution in [2.75, 3.05) is 44.2 Å². The number of carbonyl (C=O) groups excluding carboxylic acids is 4. The third-order valence-corrected chi connectivity index (χ3v) is 8.01. The zero-order valence-corrected chi connectivity index (χ0v) is 19.6. The van der Waals surface area contributed by atoms with Gasteiger partial charge in [0.15, 0.2) is 0 Å². The first-order valence-electron chi connectivity index (χ1n) is 12.4. The maximum absolute atomic E-state index is 13.3. The standard InChI is InChI=1S/C25H32N4O5/c1-17(30)34-25-8-7-18(19(31)16-25)21-22(25)24(33)29(23(21)32)11-5-4-10-27-12-14-28(15-13-27)20-6-2-3-9-26-20/h2-3,6,9,18,21-22H,4-5,7-8,10-16H2,1H3. The molecule has 9 heteroatoms. The van der Waals surface area contributed by atoms with Gasteiger partial charge in [-0.25, -0.2) is 4.98 Å². The summed E-state index contributed by atoms with van der Waals surface area (Å²) in [5.41, 5.74) is -1.14. The Morgan fingerprint density at radius 1 is 1.09 bits per heavy atom. The van der Waals surface area contributed by atoms with E-state index in [1.807, 2.05) is 24.4 Å². The van der Waals surface area contributed by atoms with Crippen LogP contribution in [-0.2, 0) is 23.9 Å². The third kappa shape index (κ3) is 4.00. The van der Waals surface area contributed by atoms with Gasteiger partial charge in [0.1, 0.15) is 17.2 Å². The number of carbonyl (C=O) groups is 4. The number of ether oxygens (including phenoxy) is 1. The number of esters is 1. The maximum Gasteiger partial charge on any atom is 0.303 e. The van der Waals surface area contributed by atoms with Crippen LogP contribution in [0.15, 0.2) is 24.4 Å². The average Bonchev–Trinajstić information content (AvgIpc) is 3.09. The molecular weight excluding hydrogens is 436 g/mol. The van der Waals surface area contributed by atoms with Crippen LogP contribution in [0, 0.1) is 17.8 Å². The number of imide groups is 1. The van der Waals surface area contributed by atoms with Gasteiger partial charge in [-0.05, 0) is 44.4 Å². The molecule has 6 rings (SSSR count). The van der Waals surface area contributed by atoms with Crippen LogP contribution in [0.2, 0.25) is 0 Å². The summed E-state index contributed by atoms with van der Waals surface area (Å²) in [6, 6.07) is 5.95. The minimum atomic E-state index is -1.14. The quantitative estimate of drug-likeness (QED) is 0.335. The molecule has 4 atom stereocenters.